The first-order valence-corrected chi connectivity index (χ1v) is 3.82. The van der Waals surface area contributed by atoms with Gasteiger partial charge in [0.1, 0.15) is 0 Å². The summed E-state index contributed by atoms with van der Waals surface area (Å²) in [5.74, 6) is 0.331. The molecule has 0 radical (unpaired) electrons. The molecule has 60 valence electrons. The van der Waals surface area contributed by atoms with Crippen LogP contribution in [0.25, 0.3) is 0 Å². The van der Waals surface area contributed by atoms with Crippen LogP contribution in [0.15, 0.2) is 0 Å². The molecule has 3 nitrogen and oxygen atoms in total. The quantitative estimate of drug-likeness (QED) is 0.483. The first-order chi connectivity index (χ1) is 4.79. The van der Waals surface area contributed by atoms with Crippen molar-refractivity contribution in [3.63, 3.8) is 0 Å². The highest BCUT2D eigenvalue weighted by molar-refractivity contribution is 4.88. The minimum absolute atomic E-state index is 0.0394. The van der Waals surface area contributed by atoms with E-state index in [1.165, 1.54) is 0 Å². The number of hydrogen-bond donors (Lipinski definition) is 3. The molecule has 0 amide bonds. The molecule has 0 spiro atoms. The molecule has 10 heavy (non-hydrogen) atoms. The predicted molar refractivity (Wildman–Crippen MR) is 38.7 cm³/mol. The van der Waals surface area contributed by atoms with Crippen molar-refractivity contribution in [2.45, 2.75) is 25.5 Å². The van der Waals surface area contributed by atoms with Crippen molar-refractivity contribution in [2.24, 2.45) is 5.92 Å². The van der Waals surface area contributed by atoms with E-state index in [1.54, 1.807) is 0 Å². The molecule has 3 heteroatoms. The summed E-state index contributed by atoms with van der Waals surface area (Å²) >= 11 is 0. The smallest absolute Gasteiger partial charge is 0.0755 e. The maximum absolute atomic E-state index is 9.43. The van der Waals surface area contributed by atoms with Crippen molar-refractivity contribution in [1.29, 1.82) is 0 Å². The van der Waals surface area contributed by atoms with Crippen LogP contribution in [0.4, 0.5) is 0 Å². The highest BCUT2D eigenvalue weighted by atomic mass is 16.3. The Balaban J connectivity index is 2.41. The fourth-order valence-corrected chi connectivity index (χ4v) is 1.43. The zero-order chi connectivity index (χ0) is 7.56. The van der Waals surface area contributed by atoms with Crippen molar-refractivity contribution in [3.8, 4) is 0 Å². The second-order valence-corrected chi connectivity index (χ2v) is 2.86. The second kappa shape index (κ2) is 3.32. The van der Waals surface area contributed by atoms with Gasteiger partial charge in [0.15, 0.2) is 0 Å². The van der Waals surface area contributed by atoms with Gasteiger partial charge in [0, 0.05) is 6.54 Å². The lowest BCUT2D eigenvalue weighted by atomic mass is 10.00. The van der Waals surface area contributed by atoms with E-state index in [2.05, 4.69) is 12.2 Å². The van der Waals surface area contributed by atoms with Crippen LogP contribution in [-0.2, 0) is 0 Å². The number of aliphatic hydroxyl groups excluding tert-OH is 2. The van der Waals surface area contributed by atoms with E-state index in [-0.39, 0.29) is 18.8 Å². The molecule has 0 aliphatic carbocycles. The molecule has 0 saturated carbocycles. The Bertz CT molecular complexity index is 95.8. The third kappa shape index (κ3) is 1.31. The third-order valence-corrected chi connectivity index (χ3v) is 2.26. The van der Waals surface area contributed by atoms with Gasteiger partial charge in [0.05, 0.1) is 18.8 Å². The minimum atomic E-state index is -0.352. The first-order valence-electron chi connectivity index (χ1n) is 3.82. The van der Waals surface area contributed by atoms with E-state index in [0.717, 1.165) is 13.0 Å². The highest BCUT2D eigenvalue weighted by Gasteiger charge is 2.32. The molecular formula is C7H15NO2. The summed E-state index contributed by atoms with van der Waals surface area (Å²) in [7, 11) is 0. The van der Waals surface area contributed by atoms with Crippen molar-refractivity contribution in [2.75, 3.05) is 13.2 Å². The standard InChI is InChI=1S/C7H15NO2/c1-2-5-3-8-6(4-9)7(5)10/h5-10H,2-4H2,1H3. The summed E-state index contributed by atoms with van der Waals surface area (Å²) in [4.78, 5) is 0. The fourth-order valence-electron chi connectivity index (χ4n) is 1.43. The molecule has 0 aromatic carbocycles. The first kappa shape index (κ1) is 7.98. The van der Waals surface area contributed by atoms with Gasteiger partial charge in [-0.2, -0.15) is 0 Å². The van der Waals surface area contributed by atoms with Gasteiger partial charge in [0.2, 0.25) is 0 Å². The van der Waals surface area contributed by atoms with Gasteiger partial charge in [-0.3, -0.25) is 0 Å². The highest BCUT2D eigenvalue weighted by Crippen LogP contribution is 2.17. The SMILES string of the molecule is CCC1CNC(CO)C1O. The maximum Gasteiger partial charge on any atom is 0.0755 e. The lowest BCUT2D eigenvalue weighted by molar-refractivity contribution is 0.0889. The van der Waals surface area contributed by atoms with E-state index in [0.29, 0.717) is 5.92 Å². The lowest BCUT2D eigenvalue weighted by Crippen LogP contribution is -2.34. The summed E-state index contributed by atoms with van der Waals surface area (Å²) in [6, 6.07) is -0.0926. The molecule has 1 saturated heterocycles. The molecule has 1 aliphatic rings. The third-order valence-electron chi connectivity index (χ3n) is 2.26. The maximum atomic E-state index is 9.43. The fraction of sp³-hybridized carbons (Fsp3) is 1.00. The zero-order valence-electron chi connectivity index (χ0n) is 6.25. The minimum Gasteiger partial charge on any atom is -0.395 e. The second-order valence-electron chi connectivity index (χ2n) is 2.86. The molecule has 3 unspecified atom stereocenters. The van der Waals surface area contributed by atoms with Crippen molar-refractivity contribution in [3.05, 3.63) is 0 Å². The molecule has 1 aliphatic heterocycles. The van der Waals surface area contributed by atoms with E-state index >= 15 is 0 Å². The molecule has 1 heterocycles. The lowest BCUT2D eigenvalue weighted by Gasteiger charge is -2.14. The molecule has 0 aromatic heterocycles. The molecule has 3 N–H and O–H groups in total. The van der Waals surface area contributed by atoms with Crippen molar-refractivity contribution < 1.29 is 10.2 Å². The summed E-state index contributed by atoms with van der Waals surface area (Å²) in [6.45, 7) is 2.93. The number of aliphatic hydroxyl groups is 2. The molecule has 3 atom stereocenters. The molecular weight excluding hydrogens is 130 g/mol. The van der Waals surface area contributed by atoms with Crippen LogP contribution >= 0.6 is 0 Å². The van der Waals surface area contributed by atoms with Crippen LogP contribution in [0, 0.1) is 5.92 Å². The summed E-state index contributed by atoms with van der Waals surface area (Å²) in [5, 5.41) is 21.2. The van der Waals surface area contributed by atoms with Crippen LogP contribution < -0.4 is 5.32 Å². The van der Waals surface area contributed by atoms with E-state index in [4.69, 9.17) is 5.11 Å². The largest absolute Gasteiger partial charge is 0.395 e. The van der Waals surface area contributed by atoms with Crippen LogP contribution in [-0.4, -0.2) is 35.5 Å². The predicted octanol–water partition coefficient (Wildman–Crippen LogP) is -0.662. The summed E-state index contributed by atoms with van der Waals surface area (Å²) in [6.07, 6.45) is 0.625. The van der Waals surface area contributed by atoms with Crippen molar-refractivity contribution >= 4 is 0 Å². The summed E-state index contributed by atoms with van der Waals surface area (Å²) < 4.78 is 0. The zero-order valence-corrected chi connectivity index (χ0v) is 6.25. The molecule has 0 aromatic rings. The average Bonchev–Trinajstić information content (AvgIpc) is 2.30. The van der Waals surface area contributed by atoms with Crippen LogP contribution in [0.5, 0.6) is 0 Å². The van der Waals surface area contributed by atoms with E-state index < -0.39 is 0 Å². The monoisotopic (exact) mass is 145 g/mol. The number of nitrogens with one attached hydrogen (secondary N) is 1. The summed E-state index contributed by atoms with van der Waals surface area (Å²) in [5.41, 5.74) is 0. The Kier molecular flexibility index (Phi) is 2.65. The number of hydrogen-bond acceptors (Lipinski definition) is 3. The van der Waals surface area contributed by atoms with Gasteiger partial charge in [0.25, 0.3) is 0 Å². The van der Waals surface area contributed by atoms with E-state index in [1.807, 2.05) is 0 Å². The Morgan fingerprint density at radius 3 is 2.60 bits per heavy atom. The van der Waals surface area contributed by atoms with Gasteiger partial charge < -0.3 is 15.5 Å². The Labute approximate surface area is 61.1 Å². The van der Waals surface area contributed by atoms with Crippen LogP contribution in [0.1, 0.15) is 13.3 Å². The Morgan fingerprint density at radius 1 is 1.60 bits per heavy atom. The normalized spacial score (nSPS) is 40.5. The topological polar surface area (TPSA) is 52.5 Å². The number of rotatable bonds is 2. The van der Waals surface area contributed by atoms with Gasteiger partial charge in [-0.25, -0.2) is 0 Å². The van der Waals surface area contributed by atoms with Gasteiger partial charge in [-0.05, 0) is 12.3 Å². The van der Waals surface area contributed by atoms with Crippen molar-refractivity contribution in [1.82, 2.24) is 5.32 Å². The van der Waals surface area contributed by atoms with Gasteiger partial charge in [-0.15, -0.1) is 0 Å². The average molecular weight is 145 g/mol. The van der Waals surface area contributed by atoms with E-state index in [9.17, 15) is 5.11 Å². The molecule has 0 bridgehead atoms. The Hall–Kier alpha value is -0.120. The van der Waals surface area contributed by atoms with Crippen LogP contribution in [0.2, 0.25) is 0 Å². The molecule has 1 rings (SSSR count). The van der Waals surface area contributed by atoms with Gasteiger partial charge >= 0.3 is 0 Å². The van der Waals surface area contributed by atoms with Crippen LogP contribution in [0.3, 0.4) is 0 Å². The Morgan fingerprint density at radius 2 is 2.30 bits per heavy atom. The molecule has 1 fully saturated rings. The van der Waals surface area contributed by atoms with Gasteiger partial charge in [-0.1, -0.05) is 6.92 Å².